The summed E-state index contributed by atoms with van der Waals surface area (Å²) in [5.74, 6) is -0.477. The third-order valence-electron chi connectivity index (χ3n) is 5.25. The fraction of sp³-hybridized carbons (Fsp3) is 0.647. The SMILES string of the molecule is COC12CCCOCc3c(C)c4c(c(c3C1)CO2)COC4. The predicted molar refractivity (Wildman–Crippen MR) is 76.8 cm³/mol. The second-order valence-corrected chi connectivity index (χ2v) is 6.25. The van der Waals surface area contributed by atoms with Gasteiger partial charge in [0.15, 0.2) is 5.79 Å². The average Bonchev–Trinajstić information content (AvgIpc) is 3.00. The first kappa shape index (κ1) is 13.7. The fourth-order valence-electron chi connectivity index (χ4n) is 3.92. The molecule has 1 unspecified atom stereocenters. The molecular formula is C17H22O4. The van der Waals surface area contributed by atoms with Crippen molar-refractivity contribution < 1.29 is 18.9 Å². The lowest BCUT2D eigenvalue weighted by atomic mass is 9.83. The van der Waals surface area contributed by atoms with E-state index in [4.69, 9.17) is 18.9 Å². The summed E-state index contributed by atoms with van der Waals surface area (Å²) in [5, 5.41) is 0. The smallest absolute Gasteiger partial charge is 0.172 e. The van der Waals surface area contributed by atoms with Gasteiger partial charge in [-0.05, 0) is 46.7 Å². The van der Waals surface area contributed by atoms with E-state index >= 15 is 0 Å². The van der Waals surface area contributed by atoms with Gasteiger partial charge in [0.1, 0.15) is 0 Å². The highest BCUT2D eigenvalue weighted by Crippen LogP contribution is 2.41. The number of methoxy groups -OCH3 is 1. The summed E-state index contributed by atoms with van der Waals surface area (Å²) in [7, 11) is 1.76. The Balaban J connectivity index is 1.91. The second-order valence-electron chi connectivity index (χ2n) is 6.25. The molecule has 0 saturated carbocycles. The molecule has 0 N–H and O–H groups in total. The zero-order valence-electron chi connectivity index (χ0n) is 12.8. The molecule has 3 aliphatic heterocycles. The van der Waals surface area contributed by atoms with Gasteiger partial charge >= 0.3 is 0 Å². The van der Waals surface area contributed by atoms with Gasteiger partial charge < -0.3 is 18.9 Å². The maximum absolute atomic E-state index is 6.16. The summed E-state index contributed by atoms with van der Waals surface area (Å²) >= 11 is 0. The number of benzene rings is 1. The topological polar surface area (TPSA) is 36.9 Å². The van der Waals surface area contributed by atoms with Crippen molar-refractivity contribution in [3.8, 4) is 0 Å². The van der Waals surface area contributed by atoms with E-state index in [1.165, 1.54) is 33.4 Å². The predicted octanol–water partition coefficient (Wildman–Crippen LogP) is 2.75. The minimum absolute atomic E-state index is 0.477. The van der Waals surface area contributed by atoms with Crippen LogP contribution in [0.15, 0.2) is 0 Å². The molecule has 0 saturated heterocycles. The quantitative estimate of drug-likeness (QED) is 0.797. The summed E-state index contributed by atoms with van der Waals surface area (Å²) in [4.78, 5) is 0. The molecule has 4 nitrogen and oxygen atoms in total. The Hall–Kier alpha value is -0.940. The highest BCUT2D eigenvalue weighted by molar-refractivity contribution is 5.53. The monoisotopic (exact) mass is 290 g/mol. The molecule has 0 amide bonds. The highest BCUT2D eigenvalue weighted by Gasteiger charge is 2.39. The van der Waals surface area contributed by atoms with Gasteiger partial charge in [-0.15, -0.1) is 0 Å². The largest absolute Gasteiger partial charge is 0.377 e. The Morgan fingerprint density at radius 3 is 2.48 bits per heavy atom. The summed E-state index contributed by atoms with van der Waals surface area (Å²) in [5.41, 5.74) is 8.07. The molecule has 1 aromatic carbocycles. The maximum atomic E-state index is 6.16. The van der Waals surface area contributed by atoms with Crippen LogP contribution in [0.3, 0.4) is 0 Å². The lowest BCUT2D eigenvalue weighted by Crippen LogP contribution is -2.41. The van der Waals surface area contributed by atoms with Crippen molar-refractivity contribution in [3.05, 3.63) is 33.4 Å². The van der Waals surface area contributed by atoms with Crippen molar-refractivity contribution in [2.24, 2.45) is 0 Å². The molecule has 4 rings (SSSR count). The van der Waals surface area contributed by atoms with Gasteiger partial charge in [-0.25, -0.2) is 0 Å². The minimum atomic E-state index is -0.477. The van der Waals surface area contributed by atoms with Gasteiger partial charge in [-0.1, -0.05) is 0 Å². The number of rotatable bonds is 1. The van der Waals surface area contributed by atoms with E-state index in [0.717, 1.165) is 32.5 Å². The molecule has 3 heterocycles. The molecule has 0 aromatic heterocycles. The fourth-order valence-corrected chi connectivity index (χ4v) is 3.92. The van der Waals surface area contributed by atoms with Gasteiger partial charge in [0.25, 0.3) is 0 Å². The number of fused-ring (bicyclic) bond motifs is 3. The first-order valence-electron chi connectivity index (χ1n) is 7.73. The van der Waals surface area contributed by atoms with E-state index < -0.39 is 5.79 Å². The minimum Gasteiger partial charge on any atom is -0.377 e. The van der Waals surface area contributed by atoms with Gasteiger partial charge in [0.05, 0.1) is 26.4 Å². The lowest BCUT2D eigenvalue weighted by molar-refractivity contribution is -0.240. The van der Waals surface area contributed by atoms with Crippen molar-refractivity contribution in [3.63, 3.8) is 0 Å². The van der Waals surface area contributed by atoms with Crippen LogP contribution in [0.25, 0.3) is 0 Å². The molecule has 21 heavy (non-hydrogen) atoms. The summed E-state index contributed by atoms with van der Waals surface area (Å²) in [6.07, 6.45) is 2.68. The molecule has 3 aliphatic rings. The van der Waals surface area contributed by atoms with Crippen molar-refractivity contribution in [2.75, 3.05) is 13.7 Å². The molecule has 4 heteroatoms. The summed E-state index contributed by atoms with van der Waals surface area (Å²) < 4.78 is 23.5. The summed E-state index contributed by atoms with van der Waals surface area (Å²) in [6.45, 7) is 5.72. The van der Waals surface area contributed by atoms with Gasteiger partial charge in [0, 0.05) is 26.6 Å². The van der Waals surface area contributed by atoms with Crippen LogP contribution in [0.2, 0.25) is 0 Å². The van der Waals surface area contributed by atoms with E-state index in [2.05, 4.69) is 6.92 Å². The van der Waals surface area contributed by atoms with Crippen molar-refractivity contribution >= 4 is 0 Å². The van der Waals surface area contributed by atoms with Crippen LogP contribution >= 0.6 is 0 Å². The Kier molecular flexibility index (Phi) is 3.30. The van der Waals surface area contributed by atoms with Gasteiger partial charge in [0.2, 0.25) is 0 Å². The molecule has 0 aliphatic carbocycles. The van der Waals surface area contributed by atoms with Crippen molar-refractivity contribution in [1.82, 2.24) is 0 Å². The molecule has 0 radical (unpaired) electrons. The maximum Gasteiger partial charge on any atom is 0.172 e. The molecule has 114 valence electrons. The second kappa shape index (κ2) is 5.06. The van der Waals surface area contributed by atoms with E-state index in [9.17, 15) is 0 Å². The van der Waals surface area contributed by atoms with E-state index in [0.29, 0.717) is 19.8 Å². The van der Waals surface area contributed by atoms with Crippen molar-refractivity contribution in [1.29, 1.82) is 0 Å². The molecule has 1 atom stereocenters. The van der Waals surface area contributed by atoms with Crippen LogP contribution in [0.5, 0.6) is 0 Å². The third kappa shape index (κ3) is 2.05. The van der Waals surface area contributed by atoms with E-state index in [-0.39, 0.29) is 0 Å². The van der Waals surface area contributed by atoms with Crippen LogP contribution in [-0.2, 0) is 51.8 Å². The first-order chi connectivity index (χ1) is 10.2. The van der Waals surface area contributed by atoms with E-state index in [1.807, 2.05) is 0 Å². The van der Waals surface area contributed by atoms with Gasteiger partial charge in [-0.3, -0.25) is 0 Å². The average molecular weight is 290 g/mol. The van der Waals surface area contributed by atoms with Gasteiger partial charge in [-0.2, -0.15) is 0 Å². The molecule has 0 spiro atoms. The summed E-state index contributed by atoms with van der Waals surface area (Å²) in [6, 6.07) is 0. The molecular weight excluding hydrogens is 268 g/mol. The lowest BCUT2D eigenvalue weighted by Gasteiger charge is -2.38. The number of ether oxygens (including phenoxy) is 4. The third-order valence-corrected chi connectivity index (χ3v) is 5.25. The van der Waals surface area contributed by atoms with Crippen molar-refractivity contribution in [2.45, 2.75) is 58.4 Å². The van der Waals surface area contributed by atoms with Crippen LogP contribution < -0.4 is 0 Å². The van der Waals surface area contributed by atoms with Crippen LogP contribution in [0.1, 0.15) is 46.2 Å². The first-order valence-corrected chi connectivity index (χ1v) is 7.73. The van der Waals surface area contributed by atoms with Crippen LogP contribution in [0.4, 0.5) is 0 Å². The molecule has 0 fully saturated rings. The number of hydrogen-bond donors (Lipinski definition) is 0. The van der Waals surface area contributed by atoms with E-state index in [1.54, 1.807) is 7.11 Å². The number of hydrogen-bond acceptors (Lipinski definition) is 4. The Morgan fingerprint density at radius 2 is 1.62 bits per heavy atom. The van der Waals surface area contributed by atoms with Crippen LogP contribution in [-0.4, -0.2) is 19.5 Å². The zero-order chi connectivity index (χ0) is 14.4. The van der Waals surface area contributed by atoms with Crippen LogP contribution in [0, 0.1) is 6.92 Å². The zero-order valence-corrected chi connectivity index (χ0v) is 12.8. The standard InChI is InChI=1S/C17H22O4/c1-11-13-7-19-5-3-4-17(18-2)6-12(13)16(10-21-17)15-9-20-8-14(11)15/h3-10H2,1-2H3. The molecule has 1 aromatic rings. The highest BCUT2D eigenvalue weighted by atomic mass is 16.7. The normalized spacial score (nSPS) is 27.7. The molecule has 2 bridgehead atoms. The Bertz CT molecular complexity index is 581. The Morgan fingerprint density at radius 1 is 0.905 bits per heavy atom. The Labute approximate surface area is 125 Å².